The third-order valence-corrected chi connectivity index (χ3v) is 6.98. The van der Waals surface area contributed by atoms with Crippen molar-refractivity contribution in [1.29, 1.82) is 0 Å². The van der Waals surface area contributed by atoms with Crippen molar-refractivity contribution in [2.75, 3.05) is 41.0 Å². The second-order valence-electron chi connectivity index (χ2n) is 7.97. The van der Waals surface area contributed by atoms with E-state index in [1.165, 1.54) is 12.1 Å². The fourth-order valence-corrected chi connectivity index (χ4v) is 4.59. The Hall–Kier alpha value is -2.79. The van der Waals surface area contributed by atoms with E-state index in [0.29, 0.717) is 36.5 Å². The molecule has 1 N–H and O–H groups in total. The van der Waals surface area contributed by atoms with Gasteiger partial charge < -0.3 is 18.9 Å². The molecule has 0 fully saturated rings. The number of nitrogens with zero attached hydrogens (tertiary/aromatic N) is 1. The molecule has 0 radical (unpaired) electrons. The van der Waals surface area contributed by atoms with Crippen LogP contribution in [0.5, 0.6) is 5.75 Å². The van der Waals surface area contributed by atoms with Gasteiger partial charge in [-0.2, -0.15) is 0 Å². The van der Waals surface area contributed by atoms with E-state index >= 15 is 0 Å². The number of halogens is 1. The molecule has 0 spiro atoms. The minimum atomic E-state index is -3.92. The average Bonchev–Trinajstić information content (AvgIpc) is 2.90. The van der Waals surface area contributed by atoms with Crippen molar-refractivity contribution in [3.8, 4) is 5.75 Å². The van der Waals surface area contributed by atoms with Crippen LogP contribution in [0, 0.1) is 5.82 Å². The highest BCUT2D eigenvalue weighted by Gasteiger charge is 2.27. The smallest absolute Gasteiger partial charge is 0.240 e. The van der Waals surface area contributed by atoms with Gasteiger partial charge in [-0.3, -0.25) is 4.99 Å². The van der Waals surface area contributed by atoms with Crippen LogP contribution < -0.4 is 9.46 Å². The summed E-state index contributed by atoms with van der Waals surface area (Å²) < 4.78 is 64.7. The maximum Gasteiger partial charge on any atom is 0.240 e. The maximum atomic E-state index is 14.9. The van der Waals surface area contributed by atoms with Crippen molar-refractivity contribution < 1.29 is 31.8 Å². The molecule has 0 aliphatic heterocycles. The molecular formula is C27H37FN2O6S. The third-order valence-electron chi connectivity index (χ3n) is 5.52. The number of methoxy groups -OCH3 is 2. The number of hydrogen-bond acceptors (Lipinski definition) is 7. The molecule has 1 aromatic rings. The number of benzene rings is 1. The van der Waals surface area contributed by atoms with Crippen LogP contribution in [0.2, 0.25) is 0 Å². The van der Waals surface area contributed by atoms with Crippen LogP contribution in [0.1, 0.15) is 33.1 Å². The number of aliphatic imine (C=N–C) groups is 1. The summed E-state index contributed by atoms with van der Waals surface area (Å²) in [5.41, 5.74) is 1.42. The number of nitrogens with one attached hydrogen (secondary N) is 1. The van der Waals surface area contributed by atoms with Gasteiger partial charge in [0.1, 0.15) is 17.6 Å². The molecule has 0 saturated carbocycles. The van der Waals surface area contributed by atoms with Gasteiger partial charge in [-0.1, -0.05) is 38.2 Å². The van der Waals surface area contributed by atoms with Crippen molar-refractivity contribution in [3.63, 3.8) is 0 Å². The van der Waals surface area contributed by atoms with E-state index in [9.17, 15) is 12.8 Å². The third kappa shape index (κ3) is 8.92. The van der Waals surface area contributed by atoms with E-state index in [1.54, 1.807) is 27.3 Å². The molecule has 0 saturated heterocycles. The number of sulfonamides is 1. The molecule has 0 bridgehead atoms. The molecule has 1 unspecified atom stereocenters. The zero-order valence-electron chi connectivity index (χ0n) is 22.1. The van der Waals surface area contributed by atoms with E-state index in [4.69, 9.17) is 18.9 Å². The Morgan fingerprint density at radius 2 is 1.97 bits per heavy atom. The lowest BCUT2D eigenvalue weighted by Crippen LogP contribution is -2.27. The number of ether oxygens (including phenoxy) is 4. The second kappa shape index (κ2) is 15.5. The highest BCUT2D eigenvalue weighted by atomic mass is 32.2. The molecule has 2 rings (SSSR count). The van der Waals surface area contributed by atoms with Crippen molar-refractivity contribution >= 4 is 15.7 Å². The normalized spacial score (nSPS) is 19.0. The first kappa shape index (κ1) is 30.4. The summed E-state index contributed by atoms with van der Waals surface area (Å²) in [4.78, 5) is 4.14. The Labute approximate surface area is 219 Å². The topological polar surface area (TPSA) is 95.5 Å². The summed E-state index contributed by atoms with van der Waals surface area (Å²) in [6.45, 7) is 4.52. The molecule has 1 aromatic carbocycles. The van der Waals surface area contributed by atoms with Crippen LogP contribution >= 0.6 is 0 Å². The van der Waals surface area contributed by atoms with Crippen molar-refractivity contribution in [2.45, 2.75) is 44.1 Å². The largest absolute Gasteiger partial charge is 0.498 e. The lowest BCUT2D eigenvalue weighted by molar-refractivity contribution is 0.0821. The molecule has 0 aromatic heterocycles. The fourth-order valence-electron chi connectivity index (χ4n) is 3.56. The van der Waals surface area contributed by atoms with E-state index in [2.05, 4.69) is 9.71 Å². The second-order valence-corrected chi connectivity index (χ2v) is 9.74. The summed E-state index contributed by atoms with van der Waals surface area (Å²) >= 11 is 0. The highest BCUT2D eigenvalue weighted by Crippen LogP contribution is 2.30. The van der Waals surface area contributed by atoms with Gasteiger partial charge in [-0.25, -0.2) is 17.5 Å². The Morgan fingerprint density at radius 3 is 2.59 bits per heavy atom. The molecule has 1 aliphatic rings. The van der Waals surface area contributed by atoms with E-state index in [1.807, 2.05) is 38.2 Å². The molecule has 1 atom stereocenters. The predicted molar refractivity (Wildman–Crippen MR) is 143 cm³/mol. The van der Waals surface area contributed by atoms with Gasteiger partial charge in [0.05, 0.1) is 25.2 Å². The van der Waals surface area contributed by atoms with E-state index in [0.717, 1.165) is 18.2 Å². The molecular weight excluding hydrogens is 499 g/mol. The Bertz CT molecular complexity index is 1160. The van der Waals surface area contributed by atoms with Gasteiger partial charge in [0, 0.05) is 44.8 Å². The molecule has 0 heterocycles. The van der Waals surface area contributed by atoms with E-state index in [-0.39, 0.29) is 29.9 Å². The average molecular weight is 537 g/mol. The number of hydrogen-bond donors (Lipinski definition) is 1. The SMILES string of the molecule is CC/C=C\C=C/COCCNS(=O)(=O)c1ccc(O/C(CC)=C2\C=C(OC)C(OC)CC2=NC)c(F)c1. The van der Waals surface area contributed by atoms with Gasteiger partial charge >= 0.3 is 0 Å². The number of rotatable bonds is 14. The lowest BCUT2D eigenvalue weighted by Gasteiger charge is -2.26. The predicted octanol–water partition coefficient (Wildman–Crippen LogP) is 4.71. The van der Waals surface area contributed by atoms with Gasteiger partial charge in [0.15, 0.2) is 11.6 Å². The first-order chi connectivity index (χ1) is 17.8. The number of allylic oxidation sites excluding steroid dienone is 6. The zero-order chi connectivity index (χ0) is 27.3. The molecule has 8 nitrogen and oxygen atoms in total. The molecule has 37 heavy (non-hydrogen) atoms. The van der Waals surface area contributed by atoms with Crippen LogP contribution in [0.25, 0.3) is 0 Å². The summed E-state index contributed by atoms with van der Waals surface area (Å²) in [5.74, 6) is 0.203. The first-order valence-corrected chi connectivity index (χ1v) is 13.6. The van der Waals surface area contributed by atoms with Crippen LogP contribution in [0.3, 0.4) is 0 Å². The van der Waals surface area contributed by atoms with Gasteiger partial charge in [0.25, 0.3) is 0 Å². The lowest BCUT2D eigenvalue weighted by atomic mass is 9.94. The molecule has 0 amide bonds. The Balaban J connectivity index is 2.11. The maximum absolute atomic E-state index is 14.9. The van der Waals surface area contributed by atoms with Crippen LogP contribution in [0.15, 0.2) is 75.6 Å². The summed E-state index contributed by atoms with van der Waals surface area (Å²) in [6.07, 6.45) is 11.0. The quantitative estimate of drug-likeness (QED) is 0.210. The monoisotopic (exact) mass is 536 g/mol. The Kier molecular flexibility index (Phi) is 12.7. The van der Waals surface area contributed by atoms with E-state index < -0.39 is 15.8 Å². The van der Waals surface area contributed by atoms with Crippen LogP contribution in [0.4, 0.5) is 4.39 Å². The van der Waals surface area contributed by atoms with Crippen LogP contribution in [-0.2, 0) is 24.2 Å². The summed E-state index contributed by atoms with van der Waals surface area (Å²) in [7, 11) is 0.896. The van der Waals surface area contributed by atoms with Gasteiger partial charge in [-0.15, -0.1) is 0 Å². The van der Waals surface area contributed by atoms with Crippen molar-refractivity contribution in [3.05, 3.63) is 71.5 Å². The molecule has 204 valence electrons. The summed E-state index contributed by atoms with van der Waals surface area (Å²) in [6, 6.07) is 3.54. The van der Waals surface area contributed by atoms with Crippen molar-refractivity contribution in [2.24, 2.45) is 4.99 Å². The first-order valence-electron chi connectivity index (χ1n) is 12.1. The molecule has 1 aliphatic carbocycles. The van der Waals surface area contributed by atoms with Gasteiger partial charge in [-0.05, 0) is 30.7 Å². The van der Waals surface area contributed by atoms with Gasteiger partial charge in [0.2, 0.25) is 10.0 Å². The Morgan fingerprint density at radius 1 is 1.22 bits per heavy atom. The summed E-state index contributed by atoms with van der Waals surface area (Å²) in [5, 5.41) is 0. The van der Waals surface area contributed by atoms with Crippen LogP contribution in [-0.4, -0.2) is 61.3 Å². The minimum absolute atomic E-state index is 0.0582. The fraction of sp³-hybridized carbons (Fsp3) is 0.444. The standard InChI is InChI=1S/C27H37FN2O6S/c1-6-8-9-10-11-15-35-16-14-30-37(31,32)20-12-13-25(22(28)17-20)36-24(7-2)21-18-26(33-4)27(34-5)19-23(21)29-3/h8-13,17-18,27,30H,6-7,14-16,19H2,1-5H3/b9-8-,11-10-,24-21+,29-23?. The minimum Gasteiger partial charge on any atom is -0.498 e. The molecule has 10 heteroatoms. The zero-order valence-corrected chi connectivity index (χ0v) is 22.9. The van der Waals surface area contributed by atoms with Crippen molar-refractivity contribution in [1.82, 2.24) is 4.72 Å². The highest BCUT2D eigenvalue weighted by molar-refractivity contribution is 7.89.